The van der Waals surface area contributed by atoms with Gasteiger partial charge in [-0.05, 0) is 31.7 Å². The number of carbonyl (C=O) groups is 1. The quantitative estimate of drug-likeness (QED) is 0.864. The van der Waals surface area contributed by atoms with Gasteiger partial charge in [0.05, 0.1) is 6.10 Å². The normalized spacial score (nSPS) is 24.3. The van der Waals surface area contributed by atoms with Crippen LogP contribution in [0.2, 0.25) is 0 Å². The van der Waals surface area contributed by atoms with Crippen LogP contribution in [0.15, 0.2) is 18.6 Å². The van der Waals surface area contributed by atoms with E-state index >= 15 is 0 Å². The second-order valence-electron chi connectivity index (χ2n) is 4.29. The molecular formula is C12H17N3O2. The first-order chi connectivity index (χ1) is 8.29. The summed E-state index contributed by atoms with van der Waals surface area (Å²) < 4.78 is 5.29. The summed E-state index contributed by atoms with van der Waals surface area (Å²) in [5.41, 5.74) is 0. The lowest BCUT2D eigenvalue weighted by molar-refractivity contribution is -0.121. The summed E-state index contributed by atoms with van der Waals surface area (Å²) in [5.74, 6) is 0.702. The highest BCUT2D eigenvalue weighted by Gasteiger charge is 2.26. The largest absolute Gasteiger partial charge is 0.381 e. The maximum atomic E-state index is 12.0. The third kappa shape index (κ3) is 3.23. The van der Waals surface area contributed by atoms with Crippen molar-refractivity contribution in [3.05, 3.63) is 18.6 Å². The van der Waals surface area contributed by atoms with Gasteiger partial charge >= 0.3 is 0 Å². The summed E-state index contributed by atoms with van der Waals surface area (Å²) in [4.78, 5) is 19.7. The number of aromatic nitrogens is 2. The zero-order valence-electron chi connectivity index (χ0n) is 9.93. The Balaban J connectivity index is 1.85. The smallest absolute Gasteiger partial charge is 0.228 e. The predicted octanol–water partition coefficient (Wildman–Crippen LogP) is 1.62. The van der Waals surface area contributed by atoms with E-state index in [9.17, 15) is 4.79 Å². The average Bonchev–Trinajstić information content (AvgIpc) is 2.40. The summed E-state index contributed by atoms with van der Waals surface area (Å²) in [7, 11) is 1.73. The number of hydrogen-bond donors (Lipinski definition) is 1. The van der Waals surface area contributed by atoms with Gasteiger partial charge in [0.15, 0.2) is 0 Å². The number of ether oxygens (including phenoxy) is 1. The molecule has 0 saturated heterocycles. The maximum Gasteiger partial charge on any atom is 0.228 e. The number of nitrogens with zero attached hydrogens (tertiary/aromatic N) is 2. The van der Waals surface area contributed by atoms with Crippen LogP contribution in [0.1, 0.15) is 25.7 Å². The molecule has 0 unspecified atom stereocenters. The molecule has 92 valence electrons. The summed E-state index contributed by atoms with van der Waals surface area (Å²) in [6.45, 7) is 0. The summed E-state index contributed by atoms with van der Waals surface area (Å²) in [5, 5.41) is 2.81. The lowest BCUT2D eigenvalue weighted by Gasteiger charge is -2.26. The van der Waals surface area contributed by atoms with E-state index < -0.39 is 0 Å². The monoisotopic (exact) mass is 235 g/mol. The number of amides is 1. The van der Waals surface area contributed by atoms with Gasteiger partial charge < -0.3 is 10.1 Å². The van der Waals surface area contributed by atoms with Crippen molar-refractivity contribution in [3.63, 3.8) is 0 Å². The predicted molar refractivity (Wildman–Crippen MR) is 63.4 cm³/mol. The molecule has 1 amide bonds. The van der Waals surface area contributed by atoms with Gasteiger partial charge in [-0.25, -0.2) is 9.97 Å². The van der Waals surface area contributed by atoms with Crippen molar-refractivity contribution in [3.8, 4) is 0 Å². The molecule has 2 rings (SSSR count). The van der Waals surface area contributed by atoms with Gasteiger partial charge in [0.1, 0.15) is 12.1 Å². The van der Waals surface area contributed by atoms with Gasteiger partial charge in [0.2, 0.25) is 5.91 Å². The Hall–Kier alpha value is -1.49. The molecule has 1 aromatic heterocycles. The van der Waals surface area contributed by atoms with Crippen LogP contribution < -0.4 is 5.32 Å². The molecule has 0 radical (unpaired) electrons. The fourth-order valence-electron chi connectivity index (χ4n) is 2.15. The van der Waals surface area contributed by atoms with Crippen LogP contribution in [0, 0.1) is 5.92 Å². The summed E-state index contributed by atoms with van der Waals surface area (Å²) in [6, 6.07) is 1.69. The van der Waals surface area contributed by atoms with Crippen molar-refractivity contribution < 1.29 is 9.53 Å². The number of hydrogen-bond acceptors (Lipinski definition) is 4. The van der Waals surface area contributed by atoms with Gasteiger partial charge in [-0.3, -0.25) is 4.79 Å². The Bertz CT molecular complexity index is 361. The fourth-order valence-corrected chi connectivity index (χ4v) is 2.15. The van der Waals surface area contributed by atoms with Crippen molar-refractivity contribution in [2.45, 2.75) is 31.8 Å². The number of anilines is 1. The molecule has 0 atom stereocenters. The van der Waals surface area contributed by atoms with Crippen LogP contribution >= 0.6 is 0 Å². The van der Waals surface area contributed by atoms with Crippen molar-refractivity contribution in [2.24, 2.45) is 5.92 Å². The summed E-state index contributed by atoms with van der Waals surface area (Å²) >= 11 is 0. The molecule has 1 N–H and O–H groups in total. The highest BCUT2D eigenvalue weighted by molar-refractivity contribution is 5.91. The first-order valence-electron chi connectivity index (χ1n) is 5.89. The highest BCUT2D eigenvalue weighted by Crippen LogP contribution is 2.26. The molecule has 0 aliphatic heterocycles. The van der Waals surface area contributed by atoms with E-state index in [1.54, 1.807) is 19.4 Å². The Morgan fingerprint density at radius 1 is 1.41 bits per heavy atom. The molecule has 17 heavy (non-hydrogen) atoms. The Kier molecular flexibility index (Phi) is 4.03. The molecule has 1 fully saturated rings. The van der Waals surface area contributed by atoms with Crippen LogP contribution in [-0.4, -0.2) is 29.1 Å². The second-order valence-corrected chi connectivity index (χ2v) is 4.29. The number of carbonyl (C=O) groups excluding carboxylic acids is 1. The van der Waals surface area contributed by atoms with Crippen LogP contribution in [0.4, 0.5) is 5.82 Å². The zero-order valence-corrected chi connectivity index (χ0v) is 9.93. The molecule has 5 heteroatoms. The minimum Gasteiger partial charge on any atom is -0.381 e. The molecule has 1 aliphatic rings. The Morgan fingerprint density at radius 2 is 2.18 bits per heavy atom. The maximum absolute atomic E-state index is 12.0. The lowest BCUT2D eigenvalue weighted by atomic mass is 9.87. The molecule has 0 spiro atoms. The van der Waals surface area contributed by atoms with Crippen molar-refractivity contribution >= 4 is 11.7 Å². The summed E-state index contributed by atoms with van der Waals surface area (Å²) in [6.07, 6.45) is 7.04. The average molecular weight is 235 g/mol. The van der Waals surface area contributed by atoms with Gasteiger partial charge in [0, 0.05) is 19.2 Å². The molecule has 5 nitrogen and oxygen atoms in total. The highest BCUT2D eigenvalue weighted by atomic mass is 16.5. The van der Waals surface area contributed by atoms with Crippen molar-refractivity contribution in [1.82, 2.24) is 9.97 Å². The Morgan fingerprint density at radius 3 is 2.76 bits per heavy atom. The minimum atomic E-state index is 0.0539. The SMILES string of the molecule is COC1CCC(C(=O)Nc2ccncn2)CC1. The van der Waals surface area contributed by atoms with E-state index in [4.69, 9.17) is 4.74 Å². The number of rotatable bonds is 3. The van der Waals surface area contributed by atoms with Crippen LogP contribution in [-0.2, 0) is 9.53 Å². The van der Waals surface area contributed by atoms with E-state index in [1.165, 1.54) is 6.33 Å². The third-order valence-electron chi connectivity index (χ3n) is 3.21. The van der Waals surface area contributed by atoms with Gasteiger partial charge in [-0.2, -0.15) is 0 Å². The van der Waals surface area contributed by atoms with E-state index in [1.807, 2.05) is 0 Å². The molecule has 1 saturated carbocycles. The van der Waals surface area contributed by atoms with Gasteiger partial charge in [-0.1, -0.05) is 0 Å². The van der Waals surface area contributed by atoms with E-state index in [-0.39, 0.29) is 11.8 Å². The molecule has 1 aromatic rings. The van der Waals surface area contributed by atoms with E-state index in [0.717, 1.165) is 25.7 Å². The van der Waals surface area contributed by atoms with E-state index in [0.29, 0.717) is 11.9 Å². The third-order valence-corrected chi connectivity index (χ3v) is 3.21. The van der Waals surface area contributed by atoms with Gasteiger partial charge in [0.25, 0.3) is 0 Å². The van der Waals surface area contributed by atoms with Crippen molar-refractivity contribution in [2.75, 3.05) is 12.4 Å². The first-order valence-corrected chi connectivity index (χ1v) is 5.89. The Labute approximate surface area is 101 Å². The van der Waals surface area contributed by atoms with Gasteiger partial charge in [-0.15, -0.1) is 0 Å². The van der Waals surface area contributed by atoms with Crippen LogP contribution in [0.25, 0.3) is 0 Å². The standard InChI is InChI=1S/C12H17N3O2/c1-17-10-4-2-9(3-5-10)12(16)15-11-6-7-13-8-14-11/h6-10H,2-5H2,1H3,(H,13,14,15,16). The van der Waals surface area contributed by atoms with E-state index in [2.05, 4.69) is 15.3 Å². The minimum absolute atomic E-state index is 0.0539. The molecule has 0 aromatic carbocycles. The topological polar surface area (TPSA) is 64.1 Å². The zero-order chi connectivity index (χ0) is 12.1. The number of methoxy groups -OCH3 is 1. The molecule has 1 heterocycles. The molecule has 0 bridgehead atoms. The fraction of sp³-hybridized carbons (Fsp3) is 0.583. The van der Waals surface area contributed by atoms with Crippen LogP contribution in [0.5, 0.6) is 0 Å². The lowest BCUT2D eigenvalue weighted by Crippen LogP contribution is -2.29. The first kappa shape index (κ1) is 12.0. The van der Waals surface area contributed by atoms with Crippen molar-refractivity contribution in [1.29, 1.82) is 0 Å². The second kappa shape index (κ2) is 5.72. The van der Waals surface area contributed by atoms with Crippen LogP contribution in [0.3, 0.4) is 0 Å². The number of nitrogens with one attached hydrogen (secondary N) is 1. The molecular weight excluding hydrogens is 218 g/mol. The molecule has 1 aliphatic carbocycles.